The summed E-state index contributed by atoms with van der Waals surface area (Å²) in [5.74, 6) is 0. The summed E-state index contributed by atoms with van der Waals surface area (Å²) in [5, 5.41) is 5.05. The minimum atomic E-state index is 0.654. The van der Waals surface area contributed by atoms with Gasteiger partial charge in [0.1, 0.15) is 0 Å². The molecule has 3 nitrogen and oxygen atoms in total. The van der Waals surface area contributed by atoms with Crippen molar-refractivity contribution in [3.8, 4) is 11.1 Å². The molecule has 0 fully saturated rings. The van der Waals surface area contributed by atoms with Gasteiger partial charge in [-0.25, -0.2) is 0 Å². The van der Waals surface area contributed by atoms with Crippen LogP contribution < -0.4 is 5.73 Å². The number of hydrogen-bond acceptors (Lipinski definition) is 2. The maximum Gasteiger partial charge on any atom is 0.0672 e. The van der Waals surface area contributed by atoms with Crippen LogP contribution in [0.25, 0.3) is 11.1 Å². The summed E-state index contributed by atoms with van der Waals surface area (Å²) in [6, 6.07) is 5.54. The molecular weight excluding hydrogens is 222 g/mol. The van der Waals surface area contributed by atoms with Crippen LogP contribution in [0.2, 0.25) is 5.02 Å². The third kappa shape index (κ3) is 1.91. The highest BCUT2D eigenvalue weighted by molar-refractivity contribution is 6.31. The molecule has 2 N–H and O–H groups in total. The fourth-order valence-corrected chi connectivity index (χ4v) is 1.90. The number of hydrogen-bond donors (Lipinski definition) is 1. The van der Waals surface area contributed by atoms with Gasteiger partial charge >= 0.3 is 0 Å². The van der Waals surface area contributed by atoms with Crippen LogP contribution in [0.1, 0.15) is 12.6 Å². The number of anilines is 1. The number of aryl methyl sites for hydroxylation is 2. The van der Waals surface area contributed by atoms with Gasteiger partial charge in [0.15, 0.2) is 0 Å². The summed E-state index contributed by atoms with van der Waals surface area (Å²) in [5.41, 5.74) is 9.67. The Hall–Kier alpha value is -1.48. The molecule has 0 aliphatic rings. The topological polar surface area (TPSA) is 43.8 Å². The lowest BCUT2D eigenvalue weighted by Crippen LogP contribution is -1.93. The van der Waals surface area contributed by atoms with Gasteiger partial charge in [0, 0.05) is 34.6 Å². The lowest BCUT2D eigenvalue weighted by Gasteiger charge is -2.04. The molecule has 0 aliphatic carbocycles. The van der Waals surface area contributed by atoms with Gasteiger partial charge in [0.05, 0.1) is 5.69 Å². The molecule has 84 valence electrons. The molecule has 0 saturated heterocycles. The first-order chi connectivity index (χ1) is 7.61. The molecule has 0 atom stereocenters. The Morgan fingerprint density at radius 2 is 2.12 bits per heavy atom. The van der Waals surface area contributed by atoms with E-state index in [0.717, 1.165) is 23.4 Å². The highest BCUT2D eigenvalue weighted by Gasteiger charge is 2.09. The second-order valence-corrected chi connectivity index (χ2v) is 4.15. The Kier molecular flexibility index (Phi) is 2.88. The van der Waals surface area contributed by atoms with Crippen LogP contribution in [-0.2, 0) is 6.54 Å². The summed E-state index contributed by atoms with van der Waals surface area (Å²) < 4.78 is 1.90. The van der Waals surface area contributed by atoms with Crippen LogP contribution >= 0.6 is 11.6 Å². The smallest absolute Gasteiger partial charge is 0.0672 e. The van der Waals surface area contributed by atoms with Crippen LogP contribution in [0.4, 0.5) is 5.69 Å². The van der Waals surface area contributed by atoms with Crippen LogP contribution in [0, 0.1) is 6.92 Å². The first-order valence-electron chi connectivity index (χ1n) is 5.21. The standard InChI is InChI=1S/C12H14ClN3/c1-3-16-7-11(8(2)15-16)10-5-4-9(13)6-12(10)14/h4-7H,3,14H2,1-2H3. The van der Waals surface area contributed by atoms with E-state index in [9.17, 15) is 0 Å². The van der Waals surface area contributed by atoms with Crippen molar-refractivity contribution in [2.45, 2.75) is 20.4 Å². The van der Waals surface area contributed by atoms with Crippen molar-refractivity contribution in [2.24, 2.45) is 0 Å². The minimum absolute atomic E-state index is 0.654. The van der Waals surface area contributed by atoms with Gasteiger partial charge in [-0.05, 0) is 26.0 Å². The summed E-state index contributed by atoms with van der Waals surface area (Å²) in [6.45, 7) is 4.89. The lowest BCUT2D eigenvalue weighted by atomic mass is 10.1. The van der Waals surface area contributed by atoms with E-state index in [1.165, 1.54) is 0 Å². The van der Waals surface area contributed by atoms with Crippen molar-refractivity contribution >= 4 is 17.3 Å². The Bertz CT molecular complexity index is 517. The van der Waals surface area contributed by atoms with Crippen LogP contribution in [-0.4, -0.2) is 9.78 Å². The van der Waals surface area contributed by atoms with E-state index in [-0.39, 0.29) is 0 Å². The van der Waals surface area contributed by atoms with Crippen molar-refractivity contribution in [2.75, 3.05) is 5.73 Å². The number of nitrogens with zero attached hydrogens (tertiary/aromatic N) is 2. The molecule has 1 heterocycles. The number of nitrogen functional groups attached to an aromatic ring is 1. The van der Waals surface area contributed by atoms with Gasteiger partial charge in [-0.2, -0.15) is 5.10 Å². The molecule has 4 heteroatoms. The number of benzene rings is 1. The van der Waals surface area contributed by atoms with Crippen molar-refractivity contribution in [1.29, 1.82) is 0 Å². The minimum Gasteiger partial charge on any atom is -0.398 e. The van der Waals surface area contributed by atoms with Gasteiger partial charge in [0.2, 0.25) is 0 Å². The summed E-state index contributed by atoms with van der Waals surface area (Å²) in [7, 11) is 0. The van der Waals surface area contributed by atoms with E-state index >= 15 is 0 Å². The van der Waals surface area contributed by atoms with Gasteiger partial charge < -0.3 is 5.73 Å². The van der Waals surface area contributed by atoms with E-state index in [4.69, 9.17) is 17.3 Å². The quantitative estimate of drug-likeness (QED) is 0.813. The first kappa shape index (κ1) is 11.0. The maximum absolute atomic E-state index is 5.95. The summed E-state index contributed by atoms with van der Waals surface area (Å²) in [6.07, 6.45) is 2.01. The fourth-order valence-electron chi connectivity index (χ4n) is 1.72. The molecule has 1 aromatic heterocycles. The Balaban J connectivity index is 2.53. The summed E-state index contributed by atoms with van der Waals surface area (Å²) in [4.78, 5) is 0. The van der Waals surface area contributed by atoms with Crippen LogP contribution in [0.5, 0.6) is 0 Å². The van der Waals surface area contributed by atoms with E-state index in [2.05, 4.69) is 12.0 Å². The SMILES string of the molecule is CCn1cc(-c2ccc(Cl)cc2N)c(C)n1. The monoisotopic (exact) mass is 235 g/mol. The number of nitrogens with two attached hydrogens (primary N) is 1. The van der Waals surface area contributed by atoms with Gasteiger partial charge in [0.25, 0.3) is 0 Å². The molecule has 0 radical (unpaired) electrons. The Morgan fingerprint density at radius 1 is 1.38 bits per heavy atom. The molecule has 0 amide bonds. The third-order valence-corrected chi connectivity index (χ3v) is 2.81. The predicted molar refractivity (Wildman–Crippen MR) is 67.5 cm³/mol. The van der Waals surface area contributed by atoms with Crippen molar-refractivity contribution in [3.63, 3.8) is 0 Å². The maximum atomic E-state index is 5.95. The van der Waals surface area contributed by atoms with Gasteiger partial charge in [-0.1, -0.05) is 17.7 Å². The average Bonchev–Trinajstić information content (AvgIpc) is 2.60. The fraction of sp³-hybridized carbons (Fsp3) is 0.250. The lowest BCUT2D eigenvalue weighted by molar-refractivity contribution is 0.653. The normalized spacial score (nSPS) is 10.7. The van der Waals surface area contributed by atoms with E-state index in [0.29, 0.717) is 10.7 Å². The van der Waals surface area contributed by atoms with E-state index in [1.807, 2.05) is 29.9 Å². The van der Waals surface area contributed by atoms with E-state index < -0.39 is 0 Å². The third-order valence-electron chi connectivity index (χ3n) is 2.57. The van der Waals surface area contributed by atoms with Crippen LogP contribution in [0.3, 0.4) is 0 Å². The van der Waals surface area contributed by atoms with E-state index in [1.54, 1.807) is 6.07 Å². The Morgan fingerprint density at radius 3 is 2.69 bits per heavy atom. The molecule has 0 spiro atoms. The van der Waals surface area contributed by atoms with Gasteiger partial charge in [-0.3, -0.25) is 4.68 Å². The highest BCUT2D eigenvalue weighted by Crippen LogP contribution is 2.30. The molecule has 2 rings (SSSR count). The highest BCUT2D eigenvalue weighted by atomic mass is 35.5. The van der Waals surface area contributed by atoms with Crippen molar-refractivity contribution in [1.82, 2.24) is 9.78 Å². The number of halogens is 1. The second-order valence-electron chi connectivity index (χ2n) is 3.72. The van der Waals surface area contributed by atoms with Crippen LogP contribution in [0.15, 0.2) is 24.4 Å². The largest absolute Gasteiger partial charge is 0.398 e. The molecule has 1 aromatic carbocycles. The molecule has 0 bridgehead atoms. The van der Waals surface area contributed by atoms with Crippen molar-refractivity contribution in [3.05, 3.63) is 35.1 Å². The van der Waals surface area contributed by atoms with Gasteiger partial charge in [-0.15, -0.1) is 0 Å². The number of aromatic nitrogens is 2. The second kappa shape index (κ2) is 4.18. The molecule has 0 unspecified atom stereocenters. The number of rotatable bonds is 2. The zero-order chi connectivity index (χ0) is 11.7. The molecular formula is C12H14ClN3. The Labute approximate surface area is 99.8 Å². The molecule has 0 saturated carbocycles. The zero-order valence-electron chi connectivity index (χ0n) is 9.37. The first-order valence-corrected chi connectivity index (χ1v) is 5.59. The molecule has 0 aliphatic heterocycles. The summed E-state index contributed by atoms with van der Waals surface area (Å²) >= 11 is 5.88. The zero-order valence-corrected chi connectivity index (χ0v) is 10.1. The van der Waals surface area contributed by atoms with Crippen molar-refractivity contribution < 1.29 is 0 Å². The molecule has 2 aromatic rings. The predicted octanol–water partition coefficient (Wildman–Crippen LogP) is 3.11. The molecule has 16 heavy (non-hydrogen) atoms. The average molecular weight is 236 g/mol.